The van der Waals surface area contributed by atoms with E-state index in [2.05, 4.69) is 6.07 Å². The van der Waals surface area contributed by atoms with Crippen molar-refractivity contribution in [3.05, 3.63) is 35.6 Å². The maximum Gasteiger partial charge on any atom is 0.236 e. The van der Waals surface area contributed by atoms with Crippen LogP contribution in [-0.4, -0.2) is 42.4 Å². The van der Waals surface area contributed by atoms with Crippen LogP contribution in [0.2, 0.25) is 0 Å². The van der Waals surface area contributed by atoms with Crippen molar-refractivity contribution in [3.8, 4) is 6.07 Å². The smallest absolute Gasteiger partial charge is 0.236 e. The molecule has 22 heavy (non-hydrogen) atoms. The highest BCUT2D eigenvalue weighted by Crippen LogP contribution is 2.28. The highest BCUT2D eigenvalue weighted by Gasteiger charge is 2.33. The van der Waals surface area contributed by atoms with E-state index in [0.29, 0.717) is 19.6 Å². The first-order valence-corrected chi connectivity index (χ1v) is 7.54. The topological polar surface area (TPSA) is 47.3 Å². The molecule has 0 radical (unpaired) electrons. The molecule has 1 saturated heterocycles. The molecule has 1 atom stereocenters. The molecule has 0 saturated carbocycles. The monoisotopic (exact) mass is 303 g/mol. The Morgan fingerprint density at radius 3 is 2.77 bits per heavy atom. The summed E-state index contributed by atoms with van der Waals surface area (Å²) in [5, 5.41) is 9.22. The number of nitrogens with zero attached hydrogens (tertiary/aromatic N) is 3. The second kappa shape index (κ2) is 6.89. The largest absolute Gasteiger partial charge is 0.340 e. The number of nitriles is 1. The summed E-state index contributed by atoms with van der Waals surface area (Å²) in [5.41, 5.74) is 0.542. The lowest BCUT2D eigenvalue weighted by molar-refractivity contribution is -0.134. The third kappa shape index (κ3) is 4.28. The van der Waals surface area contributed by atoms with Gasteiger partial charge in [-0.05, 0) is 44.5 Å². The highest BCUT2D eigenvalue weighted by atomic mass is 19.1. The van der Waals surface area contributed by atoms with Crippen molar-refractivity contribution in [1.29, 1.82) is 5.26 Å². The molecule has 1 heterocycles. The van der Waals surface area contributed by atoms with Gasteiger partial charge in [-0.15, -0.1) is 0 Å². The predicted octanol–water partition coefficient (Wildman–Crippen LogP) is 2.41. The first kappa shape index (κ1) is 16.4. The summed E-state index contributed by atoms with van der Waals surface area (Å²) >= 11 is 0. The standard InChI is InChI=1S/C17H22FN3O/c1-17(12-19)8-3-9-21(13-17)16(22)11-20(2)10-14-4-6-15(18)7-5-14/h4-7H,3,8-11,13H2,1-2H3/t17-/m1/s1. The third-order valence-corrected chi connectivity index (χ3v) is 4.09. The Morgan fingerprint density at radius 1 is 1.45 bits per heavy atom. The summed E-state index contributed by atoms with van der Waals surface area (Å²) in [5.74, 6) is -0.211. The molecular formula is C17H22FN3O. The number of piperidine rings is 1. The van der Waals surface area contributed by atoms with E-state index in [-0.39, 0.29) is 11.7 Å². The second-order valence-electron chi connectivity index (χ2n) is 6.39. The van der Waals surface area contributed by atoms with Crippen LogP contribution in [0.3, 0.4) is 0 Å². The number of benzene rings is 1. The number of carbonyl (C=O) groups is 1. The molecule has 1 amide bonds. The maximum atomic E-state index is 12.9. The van der Waals surface area contributed by atoms with E-state index in [0.717, 1.165) is 24.9 Å². The van der Waals surface area contributed by atoms with E-state index in [4.69, 9.17) is 0 Å². The van der Waals surface area contributed by atoms with E-state index in [1.54, 1.807) is 17.0 Å². The molecular weight excluding hydrogens is 281 g/mol. The van der Waals surface area contributed by atoms with Gasteiger partial charge in [0.25, 0.3) is 0 Å². The van der Waals surface area contributed by atoms with Crippen molar-refractivity contribution in [2.45, 2.75) is 26.3 Å². The number of carbonyl (C=O) groups excluding carboxylic acids is 1. The van der Waals surface area contributed by atoms with Crippen molar-refractivity contribution in [2.75, 3.05) is 26.7 Å². The number of likely N-dealkylation sites (tertiary alicyclic amines) is 1. The van der Waals surface area contributed by atoms with Gasteiger partial charge in [-0.2, -0.15) is 5.26 Å². The zero-order valence-corrected chi connectivity index (χ0v) is 13.2. The van der Waals surface area contributed by atoms with E-state index >= 15 is 0 Å². The Labute approximate surface area is 131 Å². The van der Waals surface area contributed by atoms with Crippen LogP contribution in [0.15, 0.2) is 24.3 Å². The van der Waals surface area contributed by atoms with Crippen LogP contribution in [0, 0.1) is 22.6 Å². The summed E-state index contributed by atoms with van der Waals surface area (Å²) in [6.45, 7) is 4.04. The van der Waals surface area contributed by atoms with E-state index < -0.39 is 5.41 Å². The highest BCUT2D eigenvalue weighted by molar-refractivity contribution is 5.78. The molecule has 1 fully saturated rings. The summed E-state index contributed by atoms with van der Waals surface area (Å²) in [6.07, 6.45) is 1.72. The molecule has 1 aromatic rings. The summed E-state index contributed by atoms with van der Waals surface area (Å²) < 4.78 is 12.9. The van der Waals surface area contributed by atoms with Gasteiger partial charge in [0.1, 0.15) is 5.82 Å². The van der Waals surface area contributed by atoms with Gasteiger partial charge in [0, 0.05) is 19.6 Å². The van der Waals surface area contributed by atoms with Gasteiger partial charge in [-0.3, -0.25) is 9.69 Å². The fourth-order valence-electron chi connectivity index (χ4n) is 2.83. The maximum absolute atomic E-state index is 12.9. The zero-order valence-electron chi connectivity index (χ0n) is 13.2. The summed E-state index contributed by atoms with van der Waals surface area (Å²) in [7, 11) is 1.87. The zero-order chi connectivity index (χ0) is 16.2. The van der Waals surface area contributed by atoms with Crippen molar-refractivity contribution in [3.63, 3.8) is 0 Å². The number of halogens is 1. The molecule has 118 valence electrons. The summed E-state index contributed by atoms with van der Waals surface area (Å²) in [6, 6.07) is 8.62. The molecule has 0 spiro atoms. The molecule has 0 aliphatic carbocycles. The predicted molar refractivity (Wildman–Crippen MR) is 82.3 cm³/mol. The molecule has 0 aromatic heterocycles. The van der Waals surface area contributed by atoms with Crippen LogP contribution in [0.4, 0.5) is 4.39 Å². The van der Waals surface area contributed by atoms with Crippen LogP contribution in [0.1, 0.15) is 25.3 Å². The summed E-state index contributed by atoms with van der Waals surface area (Å²) in [4.78, 5) is 16.1. The first-order valence-electron chi connectivity index (χ1n) is 7.54. The molecule has 5 heteroatoms. The molecule has 1 aliphatic rings. The van der Waals surface area contributed by atoms with Crippen LogP contribution in [0.25, 0.3) is 0 Å². The van der Waals surface area contributed by atoms with Crippen molar-refractivity contribution in [1.82, 2.24) is 9.80 Å². The number of likely N-dealkylation sites (N-methyl/N-ethyl adjacent to an activating group) is 1. The van der Waals surface area contributed by atoms with E-state index in [9.17, 15) is 14.4 Å². The Morgan fingerprint density at radius 2 is 2.14 bits per heavy atom. The quantitative estimate of drug-likeness (QED) is 0.858. The van der Waals surface area contributed by atoms with Crippen molar-refractivity contribution >= 4 is 5.91 Å². The van der Waals surface area contributed by atoms with Gasteiger partial charge < -0.3 is 4.90 Å². The Bertz CT molecular complexity index is 566. The number of hydrogen-bond acceptors (Lipinski definition) is 3. The SMILES string of the molecule is CN(CC(=O)N1CCC[C@](C)(C#N)C1)Cc1ccc(F)cc1. The van der Waals surface area contributed by atoms with Crippen LogP contribution in [-0.2, 0) is 11.3 Å². The molecule has 2 rings (SSSR count). The van der Waals surface area contributed by atoms with E-state index in [1.807, 2.05) is 18.9 Å². The van der Waals surface area contributed by atoms with Gasteiger partial charge in [-0.1, -0.05) is 12.1 Å². The minimum Gasteiger partial charge on any atom is -0.340 e. The van der Waals surface area contributed by atoms with Gasteiger partial charge in [-0.25, -0.2) is 4.39 Å². The van der Waals surface area contributed by atoms with Gasteiger partial charge in [0.2, 0.25) is 5.91 Å². The number of rotatable bonds is 4. The fraction of sp³-hybridized carbons (Fsp3) is 0.529. The van der Waals surface area contributed by atoms with Gasteiger partial charge >= 0.3 is 0 Å². The minimum absolute atomic E-state index is 0.0470. The average Bonchev–Trinajstić information content (AvgIpc) is 2.49. The number of hydrogen-bond donors (Lipinski definition) is 0. The second-order valence-corrected chi connectivity index (χ2v) is 6.39. The van der Waals surface area contributed by atoms with E-state index in [1.165, 1.54) is 12.1 Å². The molecule has 1 aromatic carbocycles. The van der Waals surface area contributed by atoms with Gasteiger partial charge in [0.05, 0.1) is 18.0 Å². The Balaban J connectivity index is 1.88. The minimum atomic E-state index is -0.427. The normalized spacial score (nSPS) is 21.7. The molecule has 4 nitrogen and oxygen atoms in total. The lowest BCUT2D eigenvalue weighted by Crippen LogP contribution is -2.47. The van der Waals surface area contributed by atoms with Crippen molar-refractivity contribution in [2.24, 2.45) is 5.41 Å². The van der Waals surface area contributed by atoms with Crippen LogP contribution in [0.5, 0.6) is 0 Å². The lowest BCUT2D eigenvalue weighted by atomic mass is 9.83. The lowest BCUT2D eigenvalue weighted by Gasteiger charge is -2.36. The first-order chi connectivity index (χ1) is 10.4. The Hall–Kier alpha value is -1.93. The average molecular weight is 303 g/mol. The third-order valence-electron chi connectivity index (χ3n) is 4.09. The van der Waals surface area contributed by atoms with Crippen LogP contribution < -0.4 is 0 Å². The molecule has 1 aliphatic heterocycles. The van der Waals surface area contributed by atoms with Gasteiger partial charge in [0.15, 0.2) is 0 Å². The van der Waals surface area contributed by atoms with Crippen LogP contribution >= 0.6 is 0 Å². The molecule has 0 unspecified atom stereocenters. The molecule has 0 N–H and O–H groups in total. The molecule has 0 bridgehead atoms. The fourth-order valence-corrected chi connectivity index (χ4v) is 2.83. The number of amides is 1. The Kier molecular flexibility index (Phi) is 5.15. The van der Waals surface area contributed by atoms with Crippen molar-refractivity contribution < 1.29 is 9.18 Å².